The fraction of sp³-hybridized carbons (Fsp3) is 0.261. The number of hydrogen-bond donors (Lipinski definition) is 1. The van der Waals surface area contributed by atoms with Gasteiger partial charge in [-0.3, -0.25) is 4.79 Å². The Labute approximate surface area is 191 Å². The summed E-state index contributed by atoms with van der Waals surface area (Å²) in [6.45, 7) is 5.74. The maximum Gasteiger partial charge on any atom is 0.274 e. The maximum atomic E-state index is 12.8. The Morgan fingerprint density at radius 2 is 1.81 bits per heavy atom. The average molecular weight is 457 g/mol. The number of ether oxygens (including phenoxy) is 1. The van der Waals surface area contributed by atoms with Crippen LogP contribution in [0.2, 0.25) is 10.0 Å². The molecule has 2 heterocycles. The van der Waals surface area contributed by atoms with E-state index in [9.17, 15) is 4.79 Å². The molecule has 6 nitrogen and oxygen atoms in total. The van der Waals surface area contributed by atoms with Gasteiger partial charge in [-0.25, -0.2) is 9.97 Å². The van der Waals surface area contributed by atoms with Gasteiger partial charge in [-0.05, 0) is 50.2 Å². The van der Waals surface area contributed by atoms with Crippen LogP contribution in [0, 0.1) is 0 Å². The molecule has 160 valence electrons. The summed E-state index contributed by atoms with van der Waals surface area (Å²) in [4.78, 5) is 23.5. The summed E-state index contributed by atoms with van der Waals surface area (Å²) in [7, 11) is 0. The van der Waals surface area contributed by atoms with Gasteiger partial charge in [0.15, 0.2) is 0 Å². The lowest BCUT2D eigenvalue weighted by molar-refractivity contribution is -0.00521. The number of hydrogen-bond acceptors (Lipinski definition) is 5. The number of halogens is 2. The molecule has 1 amide bonds. The zero-order chi connectivity index (χ0) is 22.0. The van der Waals surface area contributed by atoms with Gasteiger partial charge in [0.1, 0.15) is 12.0 Å². The van der Waals surface area contributed by atoms with E-state index in [1.54, 1.807) is 24.3 Å². The first kappa shape index (κ1) is 21.6. The lowest BCUT2D eigenvalue weighted by atomic mass is 10.1. The van der Waals surface area contributed by atoms with E-state index >= 15 is 0 Å². The first-order chi connectivity index (χ1) is 14.9. The third-order valence-electron chi connectivity index (χ3n) is 5.00. The maximum absolute atomic E-state index is 12.8. The van der Waals surface area contributed by atoms with E-state index in [1.807, 2.05) is 24.3 Å². The van der Waals surface area contributed by atoms with Gasteiger partial charge in [0.05, 0.1) is 27.9 Å². The van der Waals surface area contributed by atoms with Crippen molar-refractivity contribution in [1.82, 2.24) is 9.97 Å². The predicted molar refractivity (Wildman–Crippen MR) is 124 cm³/mol. The highest BCUT2D eigenvalue weighted by atomic mass is 35.5. The first-order valence-corrected chi connectivity index (χ1v) is 10.7. The minimum absolute atomic E-state index is 0.155. The molecule has 0 bridgehead atoms. The van der Waals surface area contributed by atoms with Crippen molar-refractivity contribution in [3.05, 3.63) is 70.6 Å². The molecule has 0 spiro atoms. The molecular formula is C23H22Cl2N4O2. The van der Waals surface area contributed by atoms with Gasteiger partial charge in [0, 0.05) is 30.0 Å². The molecule has 8 heteroatoms. The van der Waals surface area contributed by atoms with Crippen molar-refractivity contribution >= 4 is 40.5 Å². The number of carbonyl (C=O) groups excluding carboxylic acids is 1. The van der Waals surface area contributed by atoms with Crippen molar-refractivity contribution in [2.45, 2.75) is 26.1 Å². The summed E-state index contributed by atoms with van der Waals surface area (Å²) < 4.78 is 5.81. The van der Waals surface area contributed by atoms with Crippen LogP contribution >= 0.6 is 23.2 Å². The van der Waals surface area contributed by atoms with E-state index in [0.717, 1.165) is 24.3 Å². The highest BCUT2D eigenvalue weighted by Gasteiger charge is 2.22. The van der Waals surface area contributed by atoms with Crippen molar-refractivity contribution in [2.75, 3.05) is 23.3 Å². The summed E-state index contributed by atoms with van der Waals surface area (Å²) >= 11 is 12.1. The van der Waals surface area contributed by atoms with Gasteiger partial charge in [0.2, 0.25) is 0 Å². The fourth-order valence-corrected chi connectivity index (χ4v) is 3.96. The van der Waals surface area contributed by atoms with Gasteiger partial charge in [-0.1, -0.05) is 35.3 Å². The van der Waals surface area contributed by atoms with Crippen molar-refractivity contribution in [2.24, 2.45) is 0 Å². The number of nitrogens with zero attached hydrogens (tertiary/aromatic N) is 3. The van der Waals surface area contributed by atoms with Gasteiger partial charge in [-0.2, -0.15) is 0 Å². The molecule has 1 aliphatic rings. The van der Waals surface area contributed by atoms with Crippen LogP contribution in [-0.4, -0.2) is 41.2 Å². The van der Waals surface area contributed by atoms with Crippen LogP contribution in [0.3, 0.4) is 0 Å². The number of aromatic nitrogens is 2. The number of anilines is 2. The number of nitrogens with one attached hydrogen (secondary N) is 1. The van der Waals surface area contributed by atoms with Crippen LogP contribution in [0.4, 0.5) is 11.4 Å². The number of rotatable bonds is 4. The molecule has 0 saturated carbocycles. The fourth-order valence-electron chi connectivity index (χ4n) is 3.66. The van der Waals surface area contributed by atoms with Crippen LogP contribution in [0.5, 0.6) is 0 Å². The highest BCUT2D eigenvalue weighted by molar-refractivity contribution is 6.42. The Balaban J connectivity index is 1.52. The minimum atomic E-state index is -0.315. The van der Waals surface area contributed by atoms with E-state index in [-0.39, 0.29) is 23.8 Å². The molecule has 1 saturated heterocycles. The molecule has 0 radical (unpaired) electrons. The zero-order valence-electron chi connectivity index (χ0n) is 17.2. The largest absolute Gasteiger partial charge is 0.372 e. The number of amides is 1. The molecule has 1 fully saturated rings. The Morgan fingerprint density at radius 1 is 1.03 bits per heavy atom. The molecule has 1 N–H and O–H groups in total. The Hall–Kier alpha value is -2.67. The number of morpholine rings is 1. The summed E-state index contributed by atoms with van der Waals surface area (Å²) in [5.74, 6) is -0.315. The number of benzene rings is 2. The van der Waals surface area contributed by atoms with Gasteiger partial charge >= 0.3 is 0 Å². The molecule has 2 unspecified atom stereocenters. The third kappa shape index (κ3) is 5.15. The van der Waals surface area contributed by atoms with Crippen LogP contribution in [0.15, 0.2) is 54.9 Å². The minimum Gasteiger partial charge on any atom is -0.372 e. The van der Waals surface area contributed by atoms with E-state index in [4.69, 9.17) is 27.9 Å². The molecule has 2 aromatic carbocycles. The molecule has 3 aromatic rings. The second-order valence-corrected chi connectivity index (χ2v) is 8.40. The monoisotopic (exact) mass is 456 g/mol. The van der Waals surface area contributed by atoms with Crippen molar-refractivity contribution < 1.29 is 9.53 Å². The standard InChI is InChI=1S/C23H22Cl2N4O2/c1-14-11-29(12-15(2)31-14)18-5-3-4-17(9-18)28-23(30)22-10-21(26-13-27-22)16-6-7-19(24)20(25)8-16/h3-10,13-15H,11-12H2,1-2H3,(H,28,30). The molecule has 1 aliphatic heterocycles. The molecule has 31 heavy (non-hydrogen) atoms. The Kier molecular flexibility index (Phi) is 6.41. The third-order valence-corrected chi connectivity index (χ3v) is 5.74. The second-order valence-electron chi connectivity index (χ2n) is 7.58. The first-order valence-electron chi connectivity index (χ1n) is 9.98. The van der Waals surface area contributed by atoms with Crippen molar-refractivity contribution in [3.8, 4) is 11.3 Å². The van der Waals surface area contributed by atoms with Crippen LogP contribution in [-0.2, 0) is 4.74 Å². The lowest BCUT2D eigenvalue weighted by Gasteiger charge is -2.37. The summed E-state index contributed by atoms with van der Waals surface area (Å²) in [5.41, 5.74) is 3.34. The molecule has 4 rings (SSSR count). The lowest BCUT2D eigenvalue weighted by Crippen LogP contribution is -2.45. The van der Waals surface area contributed by atoms with E-state index in [1.165, 1.54) is 6.33 Å². The normalized spacial score (nSPS) is 18.6. The zero-order valence-corrected chi connectivity index (χ0v) is 18.7. The second kappa shape index (κ2) is 9.22. The molecule has 1 aromatic heterocycles. The quantitative estimate of drug-likeness (QED) is 0.575. The topological polar surface area (TPSA) is 67.4 Å². The SMILES string of the molecule is CC1CN(c2cccc(NC(=O)c3cc(-c4ccc(Cl)c(Cl)c4)ncn3)c2)CC(C)O1. The van der Waals surface area contributed by atoms with Crippen LogP contribution in [0.25, 0.3) is 11.3 Å². The van der Waals surface area contributed by atoms with Gasteiger partial charge in [0.25, 0.3) is 5.91 Å². The summed E-state index contributed by atoms with van der Waals surface area (Å²) in [6.07, 6.45) is 1.67. The average Bonchev–Trinajstić information content (AvgIpc) is 2.75. The van der Waals surface area contributed by atoms with Gasteiger partial charge < -0.3 is 15.0 Å². The van der Waals surface area contributed by atoms with E-state index in [2.05, 4.69) is 34.0 Å². The predicted octanol–water partition coefficient (Wildman–Crippen LogP) is 5.32. The smallest absolute Gasteiger partial charge is 0.274 e. The molecule has 0 aliphatic carbocycles. The van der Waals surface area contributed by atoms with Crippen LogP contribution in [0.1, 0.15) is 24.3 Å². The summed E-state index contributed by atoms with van der Waals surface area (Å²) in [6, 6.07) is 14.6. The molecule has 2 atom stereocenters. The Morgan fingerprint density at radius 3 is 2.55 bits per heavy atom. The van der Waals surface area contributed by atoms with E-state index in [0.29, 0.717) is 21.4 Å². The van der Waals surface area contributed by atoms with Crippen molar-refractivity contribution in [1.29, 1.82) is 0 Å². The highest BCUT2D eigenvalue weighted by Crippen LogP contribution is 2.28. The number of carbonyl (C=O) groups is 1. The van der Waals surface area contributed by atoms with E-state index < -0.39 is 0 Å². The Bertz CT molecular complexity index is 1100. The van der Waals surface area contributed by atoms with Crippen molar-refractivity contribution in [3.63, 3.8) is 0 Å². The summed E-state index contributed by atoms with van der Waals surface area (Å²) in [5, 5.41) is 3.81. The molecular weight excluding hydrogens is 435 g/mol. The van der Waals surface area contributed by atoms with Crippen LogP contribution < -0.4 is 10.2 Å². The van der Waals surface area contributed by atoms with Gasteiger partial charge in [-0.15, -0.1) is 0 Å².